The SMILES string of the molecule is CCC[C@@H](O)[C@@H](N)c1c(F)cccc1C(F)(F)F.Cl. The second kappa shape index (κ2) is 7.07. The van der Waals surface area contributed by atoms with Crippen LogP contribution in [-0.4, -0.2) is 11.2 Å². The third-order valence-corrected chi connectivity index (χ3v) is 2.69. The summed E-state index contributed by atoms with van der Waals surface area (Å²) in [5, 5.41) is 9.63. The average molecular weight is 302 g/mol. The topological polar surface area (TPSA) is 46.2 Å². The normalized spacial score (nSPS) is 14.7. The van der Waals surface area contributed by atoms with Crippen molar-refractivity contribution in [3.05, 3.63) is 35.1 Å². The average Bonchev–Trinajstić information content (AvgIpc) is 2.27. The van der Waals surface area contributed by atoms with E-state index in [0.29, 0.717) is 6.42 Å². The minimum absolute atomic E-state index is 0. The van der Waals surface area contributed by atoms with Gasteiger partial charge in [-0.3, -0.25) is 0 Å². The molecule has 1 rings (SSSR count). The molecular weight excluding hydrogens is 286 g/mol. The lowest BCUT2D eigenvalue weighted by Crippen LogP contribution is -2.29. The highest BCUT2D eigenvalue weighted by Crippen LogP contribution is 2.36. The second-order valence-corrected chi connectivity index (χ2v) is 4.08. The molecule has 0 bridgehead atoms. The Kier molecular flexibility index (Phi) is 6.76. The van der Waals surface area contributed by atoms with E-state index in [-0.39, 0.29) is 18.8 Å². The van der Waals surface area contributed by atoms with E-state index in [0.717, 1.165) is 18.2 Å². The summed E-state index contributed by atoms with van der Waals surface area (Å²) in [6.07, 6.45) is -5.13. The molecule has 0 aliphatic heterocycles. The number of halogens is 5. The van der Waals surface area contributed by atoms with E-state index < -0.39 is 35.3 Å². The van der Waals surface area contributed by atoms with E-state index in [1.54, 1.807) is 6.92 Å². The summed E-state index contributed by atoms with van der Waals surface area (Å²) < 4.78 is 51.7. The van der Waals surface area contributed by atoms with E-state index in [4.69, 9.17) is 5.73 Å². The van der Waals surface area contributed by atoms with E-state index in [1.165, 1.54) is 0 Å². The molecule has 0 amide bonds. The van der Waals surface area contributed by atoms with Crippen LogP contribution in [0.15, 0.2) is 18.2 Å². The number of alkyl halides is 3. The number of aliphatic hydroxyl groups is 1. The monoisotopic (exact) mass is 301 g/mol. The van der Waals surface area contributed by atoms with Gasteiger partial charge in [0.2, 0.25) is 0 Å². The van der Waals surface area contributed by atoms with Crippen molar-refractivity contribution in [3.63, 3.8) is 0 Å². The van der Waals surface area contributed by atoms with Crippen LogP contribution < -0.4 is 5.73 Å². The van der Waals surface area contributed by atoms with Crippen LogP contribution in [0, 0.1) is 5.82 Å². The first kappa shape index (κ1) is 18.1. The van der Waals surface area contributed by atoms with Crippen LogP contribution in [-0.2, 0) is 6.18 Å². The van der Waals surface area contributed by atoms with Crippen LogP contribution in [0.5, 0.6) is 0 Å². The lowest BCUT2D eigenvalue weighted by molar-refractivity contribution is -0.138. The predicted octanol–water partition coefficient (Wildman–Crippen LogP) is 3.43. The zero-order valence-electron chi connectivity index (χ0n) is 10.2. The van der Waals surface area contributed by atoms with Crippen LogP contribution in [0.2, 0.25) is 0 Å². The number of rotatable bonds is 4. The van der Waals surface area contributed by atoms with E-state index in [9.17, 15) is 22.7 Å². The minimum atomic E-state index is -4.69. The van der Waals surface area contributed by atoms with Gasteiger partial charge < -0.3 is 10.8 Å². The first-order valence-corrected chi connectivity index (χ1v) is 5.58. The van der Waals surface area contributed by atoms with Gasteiger partial charge in [0.05, 0.1) is 17.7 Å². The van der Waals surface area contributed by atoms with Gasteiger partial charge in [-0.05, 0) is 18.6 Å². The molecule has 0 aliphatic carbocycles. The summed E-state index contributed by atoms with van der Waals surface area (Å²) in [6.45, 7) is 1.75. The number of nitrogens with two attached hydrogens (primary N) is 1. The van der Waals surface area contributed by atoms with Crippen molar-refractivity contribution >= 4 is 12.4 Å². The lowest BCUT2D eigenvalue weighted by Gasteiger charge is -2.23. The van der Waals surface area contributed by atoms with Gasteiger partial charge in [0, 0.05) is 5.56 Å². The Morgan fingerprint density at radius 1 is 1.32 bits per heavy atom. The van der Waals surface area contributed by atoms with Crippen LogP contribution in [0.4, 0.5) is 17.6 Å². The van der Waals surface area contributed by atoms with Gasteiger partial charge in [-0.15, -0.1) is 12.4 Å². The quantitative estimate of drug-likeness (QED) is 0.837. The van der Waals surface area contributed by atoms with Crippen LogP contribution >= 0.6 is 12.4 Å². The molecule has 0 saturated carbocycles. The molecule has 2 nitrogen and oxygen atoms in total. The highest BCUT2D eigenvalue weighted by Gasteiger charge is 2.37. The Morgan fingerprint density at radius 3 is 2.37 bits per heavy atom. The van der Waals surface area contributed by atoms with E-state index >= 15 is 0 Å². The molecule has 0 saturated heterocycles. The van der Waals surface area contributed by atoms with Crippen molar-refractivity contribution < 1.29 is 22.7 Å². The van der Waals surface area contributed by atoms with Crippen molar-refractivity contribution in [1.82, 2.24) is 0 Å². The smallest absolute Gasteiger partial charge is 0.391 e. The maximum atomic E-state index is 13.5. The molecule has 0 fully saturated rings. The van der Waals surface area contributed by atoms with E-state index in [2.05, 4.69) is 0 Å². The van der Waals surface area contributed by atoms with Gasteiger partial charge in [0.25, 0.3) is 0 Å². The molecule has 0 aliphatic rings. The van der Waals surface area contributed by atoms with Gasteiger partial charge in [-0.25, -0.2) is 4.39 Å². The number of benzene rings is 1. The van der Waals surface area contributed by atoms with Gasteiger partial charge in [-0.2, -0.15) is 13.2 Å². The van der Waals surface area contributed by atoms with Gasteiger partial charge in [-0.1, -0.05) is 19.4 Å². The molecule has 0 heterocycles. The molecule has 2 atom stereocenters. The molecule has 1 aromatic rings. The highest BCUT2D eigenvalue weighted by atomic mass is 35.5. The maximum absolute atomic E-state index is 13.5. The third kappa shape index (κ3) is 4.33. The zero-order valence-corrected chi connectivity index (χ0v) is 11.1. The predicted molar refractivity (Wildman–Crippen MR) is 66.5 cm³/mol. The zero-order chi connectivity index (χ0) is 13.9. The summed E-state index contributed by atoms with van der Waals surface area (Å²) >= 11 is 0. The molecule has 110 valence electrons. The molecule has 0 unspecified atom stereocenters. The largest absolute Gasteiger partial charge is 0.416 e. The first-order valence-electron chi connectivity index (χ1n) is 5.58. The standard InChI is InChI=1S/C12H15F4NO.ClH/c1-2-4-9(18)11(17)10-7(12(14,15)16)5-3-6-8(10)13;/h3,5-6,9,11,18H,2,4,17H2,1H3;1H/t9-,11-;/m1./s1. The maximum Gasteiger partial charge on any atom is 0.416 e. The summed E-state index contributed by atoms with van der Waals surface area (Å²) in [7, 11) is 0. The Hall–Kier alpha value is -0.850. The van der Waals surface area contributed by atoms with Crippen molar-refractivity contribution in [1.29, 1.82) is 0 Å². The number of hydrogen-bond donors (Lipinski definition) is 2. The summed E-state index contributed by atoms with van der Waals surface area (Å²) in [6, 6.07) is 1.25. The van der Waals surface area contributed by atoms with E-state index in [1.807, 2.05) is 0 Å². The van der Waals surface area contributed by atoms with Crippen LogP contribution in [0.3, 0.4) is 0 Å². The van der Waals surface area contributed by atoms with Crippen molar-refractivity contribution in [2.45, 2.75) is 38.1 Å². The molecule has 0 radical (unpaired) electrons. The fraction of sp³-hybridized carbons (Fsp3) is 0.500. The first-order chi connectivity index (χ1) is 8.29. The summed E-state index contributed by atoms with van der Waals surface area (Å²) in [5.41, 5.74) is 3.72. The molecule has 19 heavy (non-hydrogen) atoms. The Balaban J connectivity index is 0.00000324. The molecule has 7 heteroatoms. The Labute approximate surface area is 115 Å². The second-order valence-electron chi connectivity index (χ2n) is 4.08. The van der Waals surface area contributed by atoms with Crippen LogP contribution in [0.1, 0.15) is 36.9 Å². The summed E-state index contributed by atoms with van der Waals surface area (Å²) in [5.74, 6) is -1.05. The van der Waals surface area contributed by atoms with Gasteiger partial charge in [0.1, 0.15) is 5.82 Å². The highest BCUT2D eigenvalue weighted by molar-refractivity contribution is 5.85. The summed E-state index contributed by atoms with van der Waals surface area (Å²) in [4.78, 5) is 0. The van der Waals surface area contributed by atoms with Gasteiger partial charge >= 0.3 is 6.18 Å². The third-order valence-electron chi connectivity index (χ3n) is 2.69. The molecule has 3 N–H and O–H groups in total. The van der Waals surface area contributed by atoms with Crippen molar-refractivity contribution in [2.24, 2.45) is 5.73 Å². The minimum Gasteiger partial charge on any atom is -0.391 e. The van der Waals surface area contributed by atoms with Crippen molar-refractivity contribution in [3.8, 4) is 0 Å². The van der Waals surface area contributed by atoms with Gasteiger partial charge in [0.15, 0.2) is 0 Å². The Morgan fingerprint density at radius 2 is 1.89 bits per heavy atom. The Bertz CT molecular complexity index is 411. The molecule has 0 spiro atoms. The fourth-order valence-electron chi connectivity index (χ4n) is 1.79. The molecule has 0 aromatic heterocycles. The fourth-order valence-corrected chi connectivity index (χ4v) is 1.79. The molecular formula is C12H16ClF4NO. The number of hydrogen-bond acceptors (Lipinski definition) is 2. The van der Waals surface area contributed by atoms with Crippen LogP contribution in [0.25, 0.3) is 0 Å². The number of aliphatic hydroxyl groups excluding tert-OH is 1. The molecule has 1 aromatic carbocycles. The lowest BCUT2D eigenvalue weighted by atomic mass is 9.94. The van der Waals surface area contributed by atoms with Crippen molar-refractivity contribution in [2.75, 3.05) is 0 Å².